The lowest BCUT2D eigenvalue weighted by atomic mass is 9.95. The molecule has 8 nitrogen and oxygen atoms in total. The van der Waals surface area contributed by atoms with E-state index in [0.29, 0.717) is 50.3 Å². The Morgan fingerprint density at radius 1 is 0.973 bits per heavy atom. The van der Waals surface area contributed by atoms with Crippen LogP contribution in [0.3, 0.4) is 0 Å². The first-order chi connectivity index (χ1) is 17.9. The minimum absolute atomic E-state index is 0.0473. The number of amides is 3. The molecule has 0 radical (unpaired) electrons. The van der Waals surface area contributed by atoms with Gasteiger partial charge in [-0.3, -0.25) is 19.3 Å². The van der Waals surface area contributed by atoms with Crippen molar-refractivity contribution in [3.05, 3.63) is 70.3 Å². The Hall–Kier alpha value is -3.23. The van der Waals surface area contributed by atoms with Crippen LogP contribution in [0, 0.1) is 0 Å². The number of likely N-dealkylation sites (tertiary alicyclic amines) is 1. The summed E-state index contributed by atoms with van der Waals surface area (Å²) in [5, 5.41) is 13.9. The molecule has 0 aliphatic carbocycles. The van der Waals surface area contributed by atoms with Gasteiger partial charge in [0.05, 0.1) is 6.10 Å². The first-order valence-corrected chi connectivity index (χ1v) is 13.3. The normalized spacial score (nSPS) is 19.2. The Bertz CT molecular complexity index is 1170. The lowest BCUT2D eigenvalue weighted by Crippen LogP contribution is -2.46. The van der Waals surface area contributed by atoms with Crippen LogP contribution in [-0.4, -0.2) is 88.9 Å². The summed E-state index contributed by atoms with van der Waals surface area (Å²) in [4.78, 5) is 43.3. The zero-order chi connectivity index (χ0) is 25.9. The number of β-amino-alcohol motifs (C(OH)–C–C–N with tert-alkyl or cyclic N) is 1. The Morgan fingerprint density at radius 2 is 1.70 bits per heavy atom. The summed E-state index contributed by atoms with van der Waals surface area (Å²) in [6.07, 6.45) is 2.51. The smallest absolute Gasteiger partial charge is 0.254 e. The zero-order valence-corrected chi connectivity index (χ0v) is 21.5. The fourth-order valence-electron chi connectivity index (χ4n) is 5.78. The molecule has 0 saturated carbocycles. The first-order valence-electron chi connectivity index (χ1n) is 13.3. The highest BCUT2D eigenvalue weighted by atomic mass is 16.3. The van der Waals surface area contributed by atoms with Crippen molar-refractivity contribution in [1.82, 2.24) is 20.0 Å². The van der Waals surface area contributed by atoms with Crippen molar-refractivity contribution in [2.45, 2.75) is 51.3 Å². The van der Waals surface area contributed by atoms with Gasteiger partial charge in [-0.25, -0.2) is 0 Å². The predicted molar refractivity (Wildman–Crippen MR) is 140 cm³/mol. The number of hydrogen-bond donors (Lipinski definition) is 2. The first kappa shape index (κ1) is 25.4. The van der Waals surface area contributed by atoms with Crippen LogP contribution in [0.2, 0.25) is 0 Å². The van der Waals surface area contributed by atoms with Gasteiger partial charge in [0.15, 0.2) is 0 Å². The van der Waals surface area contributed by atoms with Gasteiger partial charge in [0.2, 0.25) is 5.91 Å². The number of carbonyl (C=O) groups excluding carboxylic acids is 3. The van der Waals surface area contributed by atoms with Gasteiger partial charge < -0.3 is 20.2 Å². The zero-order valence-electron chi connectivity index (χ0n) is 21.5. The van der Waals surface area contributed by atoms with Crippen LogP contribution in [0.15, 0.2) is 42.5 Å². The van der Waals surface area contributed by atoms with Crippen molar-refractivity contribution in [1.29, 1.82) is 0 Å². The average molecular weight is 505 g/mol. The van der Waals surface area contributed by atoms with Gasteiger partial charge in [0, 0.05) is 69.9 Å². The fraction of sp³-hybridized carbons (Fsp3) is 0.483. The van der Waals surface area contributed by atoms with E-state index in [1.807, 2.05) is 6.07 Å². The Balaban J connectivity index is 1.14. The average Bonchev–Trinajstić information content (AvgIpc) is 2.90. The third-order valence-electron chi connectivity index (χ3n) is 7.92. The van der Waals surface area contributed by atoms with Crippen molar-refractivity contribution in [2.24, 2.45) is 0 Å². The van der Waals surface area contributed by atoms with Crippen LogP contribution in [-0.2, 0) is 24.2 Å². The molecule has 1 fully saturated rings. The molecule has 3 aliphatic heterocycles. The Kier molecular flexibility index (Phi) is 7.58. The van der Waals surface area contributed by atoms with Crippen LogP contribution in [0.25, 0.3) is 0 Å². The van der Waals surface area contributed by atoms with Gasteiger partial charge in [-0.1, -0.05) is 24.3 Å². The van der Waals surface area contributed by atoms with Gasteiger partial charge in [-0.15, -0.1) is 0 Å². The molecule has 2 aromatic rings. The highest BCUT2D eigenvalue weighted by molar-refractivity contribution is 6.00. The molecule has 0 spiro atoms. The van der Waals surface area contributed by atoms with Crippen LogP contribution in [0.5, 0.6) is 0 Å². The second-order valence-electron chi connectivity index (χ2n) is 10.5. The van der Waals surface area contributed by atoms with E-state index in [9.17, 15) is 19.5 Å². The van der Waals surface area contributed by atoms with Gasteiger partial charge in [-0.05, 0) is 60.6 Å². The number of fused-ring (bicyclic) bond motifs is 2. The lowest BCUT2D eigenvalue weighted by molar-refractivity contribution is -0.129. The van der Waals surface area contributed by atoms with E-state index in [2.05, 4.69) is 34.5 Å². The molecule has 0 aromatic heterocycles. The molecule has 2 N–H and O–H groups in total. The maximum atomic E-state index is 13.2. The third-order valence-corrected chi connectivity index (χ3v) is 7.92. The lowest BCUT2D eigenvalue weighted by Gasteiger charge is -2.34. The second-order valence-corrected chi connectivity index (χ2v) is 10.5. The summed E-state index contributed by atoms with van der Waals surface area (Å²) in [6, 6.07) is 13.8. The number of carbonyl (C=O) groups is 3. The van der Waals surface area contributed by atoms with Crippen molar-refractivity contribution < 1.29 is 19.5 Å². The summed E-state index contributed by atoms with van der Waals surface area (Å²) in [6.45, 7) is 5.99. The monoisotopic (exact) mass is 504 g/mol. The maximum absolute atomic E-state index is 13.2. The van der Waals surface area contributed by atoms with Crippen LogP contribution >= 0.6 is 0 Å². The quantitative estimate of drug-likeness (QED) is 0.626. The Morgan fingerprint density at radius 3 is 2.46 bits per heavy atom. The molecule has 1 saturated heterocycles. The van der Waals surface area contributed by atoms with Gasteiger partial charge >= 0.3 is 0 Å². The molecule has 3 amide bonds. The van der Waals surface area contributed by atoms with Gasteiger partial charge in [0.25, 0.3) is 11.8 Å². The number of nitrogens with zero attached hydrogens (tertiary/aromatic N) is 3. The Labute approximate surface area is 218 Å². The van der Waals surface area contributed by atoms with Crippen LogP contribution in [0.4, 0.5) is 0 Å². The van der Waals surface area contributed by atoms with Crippen molar-refractivity contribution >= 4 is 17.7 Å². The molecule has 2 aromatic carbocycles. The minimum Gasteiger partial charge on any atom is -0.390 e. The molecule has 3 heterocycles. The van der Waals surface area contributed by atoms with Crippen molar-refractivity contribution in [3.63, 3.8) is 0 Å². The molecule has 8 heteroatoms. The largest absolute Gasteiger partial charge is 0.390 e. The number of nitrogens with one attached hydrogen (secondary N) is 1. The van der Waals surface area contributed by atoms with E-state index in [0.717, 1.165) is 37.9 Å². The molecule has 5 rings (SSSR count). The van der Waals surface area contributed by atoms with E-state index >= 15 is 0 Å². The SMILES string of the molecule is CC(=O)N1CCC(NC(=O)c2ccc3c(c2)CCN(CC(O)CN2CCc4ccccc4C2)C3=O)CC1. The maximum Gasteiger partial charge on any atom is 0.254 e. The molecular formula is C29H36N4O4. The van der Waals surface area contributed by atoms with E-state index in [-0.39, 0.29) is 23.8 Å². The summed E-state index contributed by atoms with van der Waals surface area (Å²) in [5.74, 6) is -0.159. The highest BCUT2D eigenvalue weighted by Crippen LogP contribution is 2.23. The van der Waals surface area contributed by atoms with E-state index in [1.165, 1.54) is 11.1 Å². The van der Waals surface area contributed by atoms with E-state index in [1.54, 1.807) is 28.9 Å². The summed E-state index contributed by atoms with van der Waals surface area (Å²) in [5.41, 5.74) is 4.73. The molecule has 37 heavy (non-hydrogen) atoms. The molecule has 196 valence electrons. The number of aliphatic hydroxyl groups excluding tert-OH is 1. The van der Waals surface area contributed by atoms with Crippen LogP contribution in [0.1, 0.15) is 57.2 Å². The topological polar surface area (TPSA) is 93.2 Å². The van der Waals surface area contributed by atoms with E-state index < -0.39 is 6.10 Å². The second kappa shape index (κ2) is 11.0. The van der Waals surface area contributed by atoms with Crippen molar-refractivity contribution in [3.8, 4) is 0 Å². The molecule has 3 aliphatic rings. The van der Waals surface area contributed by atoms with Crippen molar-refractivity contribution in [2.75, 3.05) is 39.3 Å². The van der Waals surface area contributed by atoms with Gasteiger partial charge in [0.1, 0.15) is 0 Å². The summed E-state index contributed by atoms with van der Waals surface area (Å²) in [7, 11) is 0. The molecular weight excluding hydrogens is 468 g/mol. The highest BCUT2D eigenvalue weighted by Gasteiger charge is 2.28. The third kappa shape index (κ3) is 5.86. The minimum atomic E-state index is -0.616. The standard InChI is InChI=1S/C29H36N4O4/c1-20(34)32-14-10-25(11-15-32)30-28(36)23-6-7-27-22(16-23)9-13-33(29(27)37)19-26(35)18-31-12-8-21-4-2-3-5-24(21)17-31/h2-7,16,25-26,35H,8-15,17-19H2,1H3,(H,30,36). The van der Waals surface area contributed by atoms with Gasteiger partial charge in [-0.2, -0.15) is 0 Å². The molecule has 1 unspecified atom stereocenters. The number of piperidine rings is 1. The van der Waals surface area contributed by atoms with E-state index in [4.69, 9.17) is 0 Å². The fourth-order valence-corrected chi connectivity index (χ4v) is 5.78. The number of benzene rings is 2. The summed E-state index contributed by atoms with van der Waals surface area (Å²) >= 11 is 0. The molecule has 0 bridgehead atoms. The number of rotatable bonds is 6. The summed E-state index contributed by atoms with van der Waals surface area (Å²) < 4.78 is 0. The number of aliphatic hydroxyl groups is 1. The van der Waals surface area contributed by atoms with Crippen LogP contribution < -0.4 is 5.32 Å². The number of hydrogen-bond acceptors (Lipinski definition) is 5. The predicted octanol–water partition coefficient (Wildman–Crippen LogP) is 1.84. The molecule has 1 atom stereocenters.